The van der Waals surface area contributed by atoms with Crippen molar-refractivity contribution in [2.45, 2.75) is 46.5 Å². The molecule has 2 bridgehead atoms. The summed E-state index contributed by atoms with van der Waals surface area (Å²) in [6.07, 6.45) is 3.10. The van der Waals surface area contributed by atoms with Crippen LogP contribution in [0.2, 0.25) is 0 Å². The topological polar surface area (TPSA) is 63.2 Å². The molecule has 126 valence electrons. The van der Waals surface area contributed by atoms with Crippen LogP contribution in [0.5, 0.6) is 0 Å². The zero-order valence-electron chi connectivity index (χ0n) is 14.1. The Kier molecular flexibility index (Phi) is 3.82. The van der Waals surface area contributed by atoms with Gasteiger partial charge in [0.05, 0.1) is 11.2 Å². The van der Waals surface area contributed by atoms with Crippen molar-refractivity contribution < 1.29 is 13.2 Å². The lowest BCUT2D eigenvalue weighted by atomic mass is 9.70. The van der Waals surface area contributed by atoms with Crippen LogP contribution >= 0.6 is 0 Å². The van der Waals surface area contributed by atoms with Crippen molar-refractivity contribution in [3.63, 3.8) is 0 Å². The molecule has 0 radical (unpaired) electrons. The number of carbonyl (C=O) groups excluding carboxylic acids is 1. The third kappa shape index (κ3) is 2.59. The molecule has 0 spiro atoms. The van der Waals surface area contributed by atoms with Crippen molar-refractivity contribution in [1.82, 2.24) is 0 Å². The standard InChI is InChI=1S/C18H25NO3S/c1-4-13-5-7-15(8-6-13)19-23(21,22)12-18-10-9-14(11-16(18)20)17(18,2)3/h5-8,14,19H,4,9-12H2,1-3H3. The number of anilines is 1. The third-order valence-corrected chi connectivity index (χ3v) is 7.63. The van der Waals surface area contributed by atoms with Gasteiger partial charge in [0.25, 0.3) is 0 Å². The van der Waals surface area contributed by atoms with Gasteiger partial charge in [0, 0.05) is 12.1 Å². The maximum Gasteiger partial charge on any atom is 0.233 e. The number of nitrogens with one attached hydrogen (secondary N) is 1. The summed E-state index contributed by atoms with van der Waals surface area (Å²) in [5.41, 5.74) is 0.784. The molecule has 2 saturated carbocycles. The van der Waals surface area contributed by atoms with Crippen LogP contribution < -0.4 is 4.72 Å². The average molecular weight is 335 g/mol. The summed E-state index contributed by atoms with van der Waals surface area (Å²) in [5.74, 6) is 0.359. The van der Waals surface area contributed by atoms with E-state index in [9.17, 15) is 13.2 Å². The molecule has 0 amide bonds. The molecular weight excluding hydrogens is 310 g/mol. The molecule has 5 heteroatoms. The first-order valence-electron chi connectivity index (χ1n) is 8.33. The highest BCUT2D eigenvalue weighted by molar-refractivity contribution is 7.92. The minimum Gasteiger partial charge on any atom is -0.299 e. The van der Waals surface area contributed by atoms with Gasteiger partial charge in [-0.15, -0.1) is 0 Å². The SMILES string of the molecule is CCc1ccc(NS(=O)(=O)CC23CCC(CC2=O)C3(C)C)cc1. The average Bonchev–Trinajstić information content (AvgIpc) is 2.81. The first-order chi connectivity index (χ1) is 10.7. The second-order valence-electron chi connectivity index (χ2n) is 7.58. The van der Waals surface area contributed by atoms with Gasteiger partial charge in [-0.25, -0.2) is 8.42 Å². The number of hydrogen-bond acceptors (Lipinski definition) is 3. The van der Waals surface area contributed by atoms with E-state index >= 15 is 0 Å². The first kappa shape index (κ1) is 16.5. The second kappa shape index (κ2) is 5.33. The monoisotopic (exact) mass is 335 g/mol. The van der Waals surface area contributed by atoms with Gasteiger partial charge in [-0.2, -0.15) is 0 Å². The lowest BCUT2D eigenvalue weighted by Gasteiger charge is -2.36. The molecule has 2 fully saturated rings. The zero-order valence-corrected chi connectivity index (χ0v) is 14.9. The van der Waals surface area contributed by atoms with Crippen LogP contribution in [-0.4, -0.2) is 20.0 Å². The molecular formula is C18H25NO3S. The number of fused-ring (bicyclic) bond motifs is 2. The number of aryl methyl sites for hydroxylation is 1. The summed E-state index contributed by atoms with van der Waals surface area (Å²) in [6.45, 7) is 6.17. The highest BCUT2D eigenvalue weighted by atomic mass is 32.2. The van der Waals surface area contributed by atoms with Gasteiger partial charge in [-0.05, 0) is 48.3 Å². The van der Waals surface area contributed by atoms with E-state index < -0.39 is 15.4 Å². The Morgan fingerprint density at radius 3 is 2.35 bits per heavy atom. The molecule has 0 heterocycles. The molecule has 1 aromatic carbocycles. The third-order valence-electron chi connectivity index (χ3n) is 6.21. The summed E-state index contributed by atoms with van der Waals surface area (Å²) >= 11 is 0. The van der Waals surface area contributed by atoms with Crippen LogP contribution in [0.25, 0.3) is 0 Å². The molecule has 23 heavy (non-hydrogen) atoms. The fraction of sp³-hybridized carbons (Fsp3) is 0.611. The Morgan fingerprint density at radius 2 is 1.87 bits per heavy atom. The molecule has 2 aliphatic rings. The van der Waals surface area contributed by atoms with Crippen molar-refractivity contribution in [1.29, 1.82) is 0 Å². The molecule has 3 rings (SSSR count). The predicted octanol–water partition coefficient (Wildman–Crippen LogP) is 3.39. The highest BCUT2D eigenvalue weighted by Crippen LogP contribution is 2.64. The Balaban J connectivity index is 1.82. The fourth-order valence-electron chi connectivity index (χ4n) is 4.46. The number of ketones is 1. The van der Waals surface area contributed by atoms with Gasteiger partial charge in [-0.3, -0.25) is 9.52 Å². The fourth-order valence-corrected chi connectivity index (χ4v) is 6.35. The van der Waals surface area contributed by atoms with Gasteiger partial charge in [0.1, 0.15) is 5.78 Å². The smallest absolute Gasteiger partial charge is 0.233 e. The molecule has 4 nitrogen and oxygen atoms in total. The minimum absolute atomic E-state index is 0.0993. The number of sulfonamides is 1. The number of rotatable bonds is 5. The summed E-state index contributed by atoms with van der Waals surface area (Å²) in [7, 11) is -3.56. The Morgan fingerprint density at radius 1 is 1.22 bits per heavy atom. The first-order valence-corrected chi connectivity index (χ1v) is 9.98. The van der Waals surface area contributed by atoms with Gasteiger partial charge in [-0.1, -0.05) is 32.9 Å². The van der Waals surface area contributed by atoms with Crippen LogP contribution in [0, 0.1) is 16.7 Å². The molecule has 2 atom stereocenters. The number of benzene rings is 1. The Bertz CT molecular complexity index is 721. The van der Waals surface area contributed by atoms with Crippen LogP contribution in [0.15, 0.2) is 24.3 Å². The molecule has 0 saturated heterocycles. The zero-order chi connectivity index (χ0) is 16.9. The number of carbonyl (C=O) groups is 1. The van der Waals surface area contributed by atoms with E-state index in [4.69, 9.17) is 0 Å². The Hall–Kier alpha value is -1.36. The number of hydrogen-bond donors (Lipinski definition) is 1. The maximum absolute atomic E-state index is 12.7. The van der Waals surface area contributed by atoms with E-state index in [1.54, 1.807) is 12.1 Å². The molecule has 0 aliphatic heterocycles. The van der Waals surface area contributed by atoms with Crippen LogP contribution in [0.4, 0.5) is 5.69 Å². The van der Waals surface area contributed by atoms with Gasteiger partial charge in [0.2, 0.25) is 10.0 Å². The van der Waals surface area contributed by atoms with E-state index in [1.165, 1.54) is 0 Å². The summed E-state index contributed by atoms with van der Waals surface area (Å²) in [5, 5.41) is 0. The van der Waals surface area contributed by atoms with Crippen molar-refractivity contribution in [3.05, 3.63) is 29.8 Å². The molecule has 1 N–H and O–H groups in total. The van der Waals surface area contributed by atoms with E-state index in [2.05, 4.69) is 25.5 Å². The van der Waals surface area contributed by atoms with Crippen molar-refractivity contribution >= 4 is 21.5 Å². The van der Waals surface area contributed by atoms with Crippen LogP contribution in [-0.2, 0) is 21.2 Å². The van der Waals surface area contributed by atoms with Gasteiger partial charge < -0.3 is 0 Å². The summed E-state index contributed by atoms with van der Waals surface area (Å²) < 4.78 is 28.0. The summed E-state index contributed by atoms with van der Waals surface area (Å²) in [6, 6.07) is 7.42. The van der Waals surface area contributed by atoms with Crippen LogP contribution in [0.3, 0.4) is 0 Å². The largest absolute Gasteiger partial charge is 0.299 e. The molecule has 0 aromatic heterocycles. The molecule has 2 aliphatic carbocycles. The lowest BCUT2D eigenvalue weighted by Crippen LogP contribution is -2.43. The van der Waals surface area contributed by atoms with Crippen molar-refractivity contribution in [2.24, 2.45) is 16.7 Å². The van der Waals surface area contributed by atoms with E-state index in [1.807, 2.05) is 12.1 Å². The lowest BCUT2D eigenvalue weighted by molar-refractivity contribution is -0.128. The summed E-state index contributed by atoms with van der Waals surface area (Å²) in [4.78, 5) is 12.5. The molecule has 1 aromatic rings. The van der Waals surface area contributed by atoms with Crippen molar-refractivity contribution in [2.75, 3.05) is 10.5 Å². The van der Waals surface area contributed by atoms with Gasteiger partial charge >= 0.3 is 0 Å². The van der Waals surface area contributed by atoms with E-state index in [-0.39, 0.29) is 17.0 Å². The quantitative estimate of drug-likeness (QED) is 0.897. The normalized spacial score (nSPS) is 29.0. The highest BCUT2D eigenvalue weighted by Gasteiger charge is 2.65. The number of Topliss-reactive ketones (excluding diaryl/α,β-unsaturated/α-hetero) is 1. The predicted molar refractivity (Wildman–Crippen MR) is 91.8 cm³/mol. The Labute approximate surface area is 138 Å². The van der Waals surface area contributed by atoms with E-state index in [0.29, 0.717) is 24.4 Å². The van der Waals surface area contributed by atoms with E-state index in [0.717, 1.165) is 18.4 Å². The maximum atomic E-state index is 12.7. The second-order valence-corrected chi connectivity index (χ2v) is 9.30. The minimum atomic E-state index is -3.56. The van der Waals surface area contributed by atoms with Gasteiger partial charge in [0.15, 0.2) is 0 Å². The van der Waals surface area contributed by atoms with Crippen molar-refractivity contribution in [3.8, 4) is 0 Å². The van der Waals surface area contributed by atoms with Crippen LogP contribution in [0.1, 0.15) is 45.6 Å². The molecule has 2 unspecified atom stereocenters.